The van der Waals surface area contributed by atoms with Gasteiger partial charge in [0.1, 0.15) is 0 Å². The minimum atomic E-state index is -0.444. The summed E-state index contributed by atoms with van der Waals surface area (Å²) < 4.78 is 2.93. The predicted octanol–water partition coefficient (Wildman–Crippen LogP) is 5.93. The Hall–Kier alpha value is -3.14. The first kappa shape index (κ1) is 25.0. The van der Waals surface area contributed by atoms with E-state index in [1.165, 1.54) is 11.8 Å². The number of amides is 1. The van der Waals surface area contributed by atoms with Gasteiger partial charge in [-0.15, -0.1) is 10.2 Å². The van der Waals surface area contributed by atoms with E-state index in [4.69, 9.17) is 11.6 Å². The number of halogens is 2. The molecule has 0 saturated carbocycles. The highest BCUT2D eigenvalue weighted by molar-refractivity contribution is 9.10. The van der Waals surface area contributed by atoms with Gasteiger partial charge in [-0.05, 0) is 61.0 Å². The van der Waals surface area contributed by atoms with Crippen LogP contribution in [-0.4, -0.2) is 32.1 Å². The number of carbonyl (C=O) groups excluding carboxylic acids is 1. The third-order valence-corrected chi connectivity index (χ3v) is 6.74. The van der Waals surface area contributed by atoms with Crippen LogP contribution in [0.25, 0.3) is 5.69 Å². The molecular formula is C25H22BrClN6OS. The molecule has 10 heteroatoms. The summed E-state index contributed by atoms with van der Waals surface area (Å²) in [6, 6.07) is 24.9. The van der Waals surface area contributed by atoms with Gasteiger partial charge in [0.15, 0.2) is 11.0 Å². The van der Waals surface area contributed by atoms with Crippen LogP contribution in [0.5, 0.6) is 0 Å². The molecule has 1 amide bonds. The molecule has 1 heterocycles. The number of aromatic nitrogens is 3. The number of hydrogen-bond acceptors (Lipinski definition) is 6. The summed E-state index contributed by atoms with van der Waals surface area (Å²) in [6.07, 6.45) is 1.61. The van der Waals surface area contributed by atoms with Crippen molar-refractivity contribution in [3.63, 3.8) is 0 Å². The van der Waals surface area contributed by atoms with Crippen LogP contribution >= 0.6 is 39.3 Å². The Labute approximate surface area is 221 Å². The van der Waals surface area contributed by atoms with E-state index < -0.39 is 5.25 Å². The zero-order valence-electron chi connectivity index (χ0n) is 18.7. The van der Waals surface area contributed by atoms with E-state index in [1.807, 2.05) is 90.4 Å². The van der Waals surface area contributed by atoms with Crippen molar-refractivity contribution in [1.29, 1.82) is 0 Å². The zero-order chi connectivity index (χ0) is 24.6. The van der Waals surface area contributed by atoms with Crippen LogP contribution in [0.2, 0.25) is 5.02 Å². The Balaban J connectivity index is 1.46. The SMILES string of the molecule is CC(Sc1nnc(CNc2ccc(Cl)cc2)n1-c1ccccc1)C(=O)N/N=C\c1ccc(Br)cc1. The Morgan fingerprint density at radius 1 is 1.09 bits per heavy atom. The first-order valence-electron chi connectivity index (χ1n) is 10.7. The lowest BCUT2D eigenvalue weighted by molar-refractivity contribution is -0.120. The van der Waals surface area contributed by atoms with Crippen molar-refractivity contribution in [2.75, 3.05) is 5.32 Å². The van der Waals surface area contributed by atoms with Gasteiger partial charge >= 0.3 is 0 Å². The maximum absolute atomic E-state index is 12.7. The maximum atomic E-state index is 12.7. The average molecular weight is 570 g/mol. The second kappa shape index (κ2) is 12.0. The molecular weight excluding hydrogens is 548 g/mol. The highest BCUT2D eigenvalue weighted by Crippen LogP contribution is 2.26. The van der Waals surface area contributed by atoms with Gasteiger partial charge in [-0.1, -0.05) is 69.6 Å². The molecule has 1 aromatic heterocycles. The number of anilines is 1. The van der Waals surface area contributed by atoms with E-state index in [0.717, 1.165) is 27.2 Å². The van der Waals surface area contributed by atoms with Gasteiger partial charge in [-0.25, -0.2) is 5.43 Å². The van der Waals surface area contributed by atoms with Gasteiger partial charge in [0.25, 0.3) is 5.91 Å². The fourth-order valence-electron chi connectivity index (χ4n) is 3.10. The van der Waals surface area contributed by atoms with E-state index >= 15 is 0 Å². The summed E-state index contributed by atoms with van der Waals surface area (Å²) in [6.45, 7) is 2.26. The van der Waals surface area contributed by atoms with Crippen molar-refractivity contribution in [3.8, 4) is 5.69 Å². The quantitative estimate of drug-likeness (QED) is 0.148. The minimum Gasteiger partial charge on any atom is -0.378 e. The van der Waals surface area contributed by atoms with Gasteiger partial charge in [0.2, 0.25) is 0 Å². The van der Waals surface area contributed by atoms with Gasteiger partial charge in [0, 0.05) is 20.9 Å². The lowest BCUT2D eigenvalue weighted by Gasteiger charge is -2.13. The highest BCUT2D eigenvalue weighted by atomic mass is 79.9. The van der Waals surface area contributed by atoms with Crippen molar-refractivity contribution in [3.05, 3.63) is 99.7 Å². The normalized spacial score (nSPS) is 12.0. The third kappa shape index (κ3) is 6.94. The summed E-state index contributed by atoms with van der Waals surface area (Å²) in [5.41, 5.74) is 5.32. The Morgan fingerprint density at radius 2 is 1.80 bits per heavy atom. The molecule has 0 aliphatic rings. The van der Waals surface area contributed by atoms with Crippen molar-refractivity contribution in [1.82, 2.24) is 20.2 Å². The zero-order valence-corrected chi connectivity index (χ0v) is 21.9. The summed E-state index contributed by atoms with van der Waals surface area (Å²) in [4.78, 5) is 12.7. The van der Waals surface area contributed by atoms with Crippen LogP contribution in [0.15, 0.2) is 93.6 Å². The molecule has 0 radical (unpaired) electrons. The summed E-state index contributed by atoms with van der Waals surface area (Å²) in [7, 11) is 0. The number of carbonyl (C=O) groups is 1. The van der Waals surface area contributed by atoms with Gasteiger partial charge in [-0.3, -0.25) is 9.36 Å². The Bertz CT molecular complexity index is 1300. The summed E-state index contributed by atoms with van der Waals surface area (Å²) in [5, 5.41) is 17.0. The average Bonchev–Trinajstić information content (AvgIpc) is 3.27. The number of hydrazone groups is 1. The topological polar surface area (TPSA) is 84.2 Å². The molecule has 0 bridgehead atoms. The van der Waals surface area contributed by atoms with Crippen LogP contribution in [0.3, 0.4) is 0 Å². The summed E-state index contributed by atoms with van der Waals surface area (Å²) >= 11 is 10.7. The van der Waals surface area contributed by atoms with E-state index in [-0.39, 0.29) is 5.91 Å². The van der Waals surface area contributed by atoms with Gasteiger partial charge in [-0.2, -0.15) is 5.10 Å². The Kier molecular flexibility index (Phi) is 8.57. The molecule has 1 atom stereocenters. The van der Waals surface area contributed by atoms with Crippen LogP contribution in [0.1, 0.15) is 18.3 Å². The fourth-order valence-corrected chi connectivity index (χ4v) is 4.37. The molecule has 178 valence electrons. The van der Waals surface area contributed by atoms with Crippen LogP contribution in [0, 0.1) is 0 Å². The third-order valence-electron chi connectivity index (χ3n) is 4.92. The molecule has 4 aromatic rings. The smallest absolute Gasteiger partial charge is 0.253 e. The molecule has 1 unspecified atom stereocenters. The number of hydrogen-bond donors (Lipinski definition) is 2. The lowest BCUT2D eigenvalue weighted by Crippen LogP contribution is -2.27. The molecule has 0 aliphatic heterocycles. The molecule has 0 saturated heterocycles. The maximum Gasteiger partial charge on any atom is 0.253 e. The van der Waals surface area contributed by atoms with Gasteiger partial charge < -0.3 is 5.32 Å². The van der Waals surface area contributed by atoms with E-state index in [1.54, 1.807) is 6.21 Å². The second-order valence-corrected chi connectivity index (χ2v) is 10.1. The number of nitrogens with one attached hydrogen (secondary N) is 2. The number of benzene rings is 3. The van der Waals surface area contributed by atoms with E-state index in [2.05, 4.69) is 42.0 Å². The summed E-state index contributed by atoms with van der Waals surface area (Å²) in [5.74, 6) is 0.487. The van der Waals surface area contributed by atoms with Crippen LogP contribution in [-0.2, 0) is 11.3 Å². The second-order valence-electron chi connectivity index (χ2n) is 7.48. The predicted molar refractivity (Wildman–Crippen MR) is 145 cm³/mol. The van der Waals surface area contributed by atoms with Crippen molar-refractivity contribution in [2.24, 2.45) is 5.10 Å². The molecule has 3 aromatic carbocycles. The molecule has 4 rings (SSSR count). The van der Waals surface area contributed by atoms with Crippen LogP contribution in [0.4, 0.5) is 5.69 Å². The number of nitrogens with zero attached hydrogens (tertiary/aromatic N) is 4. The molecule has 0 spiro atoms. The van der Waals surface area contributed by atoms with Crippen molar-refractivity contribution in [2.45, 2.75) is 23.9 Å². The molecule has 2 N–H and O–H groups in total. The lowest BCUT2D eigenvalue weighted by atomic mass is 10.2. The molecule has 0 aliphatic carbocycles. The largest absolute Gasteiger partial charge is 0.378 e. The standard InChI is InChI=1S/C25H22BrClN6OS/c1-17(24(34)31-29-15-18-7-9-19(26)10-8-18)35-25-32-30-23(33(25)22-5-3-2-4-6-22)16-28-21-13-11-20(27)12-14-21/h2-15,17,28H,16H2,1H3,(H,31,34)/b29-15-. The minimum absolute atomic E-state index is 0.230. The molecule has 35 heavy (non-hydrogen) atoms. The number of thioether (sulfide) groups is 1. The molecule has 7 nitrogen and oxygen atoms in total. The van der Waals surface area contributed by atoms with Gasteiger partial charge in [0.05, 0.1) is 18.0 Å². The van der Waals surface area contributed by atoms with E-state index in [0.29, 0.717) is 16.7 Å². The number of rotatable bonds is 9. The Morgan fingerprint density at radius 3 is 2.51 bits per heavy atom. The van der Waals surface area contributed by atoms with Crippen molar-refractivity contribution < 1.29 is 4.79 Å². The van der Waals surface area contributed by atoms with Crippen LogP contribution < -0.4 is 10.7 Å². The first-order valence-corrected chi connectivity index (χ1v) is 12.8. The number of para-hydroxylation sites is 1. The van der Waals surface area contributed by atoms with E-state index in [9.17, 15) is 4.79 Å². The highest BCUT2D eigenvalue weighted by Gasteiger charge is 2.21. The monoisotopic (exact) mass is 568 g/mol. The molecule has 0 fully saturated rings. The van der Waals surface area contributed by atoms with Crippen molar-refractivity contribution >= 4 is 57.1 Å². The first-order chi connectivity index (χ1) is 17.0. The fraction of sp³-hybridized carbons (Fsp3) is 0.120.